The van der Waals surface area contributed by atoms with E-state index in [4.69, 9.17) is 14.2 Å². The van der Waals surface area contributed by atoms with E-state index in [9.17, 15) is 9.59 Å². The topological polar surface area (TPSA) is 68.4 Å². The fourth-order valence-corrected chi connectivity index (χ4v) is 9.04. The quantitative estimate of drug-likeness (QED) is 0.535. The molecule has 6 aliphatic rings. The Hall–Kier alpha value is -0.940. The maximum absolute atomic E-state index is 12.5. The first-order valence-corrected chi connectivity index (χ1v) is 11.2. The average molecular weight is 389 g/mol. The maximum Gasteiger partial charge on any atom is 0.302 e. The van der Waals surface area contributed by atoms with Crippen molar-refractivity contribution in [3.8, 4) is 0 Å². The maximum atomic E-state index is 12.5. The highest BCUT2D eigenvalue weighted by atomic mass is 16.6. The van der Waals surface area contributed by atoms with Gasteiger partial charge in [-0.15, -0.1) is 0 Å². The largest absolute Gasteiger partial charge is 0.462 e. The highest BCUT2D eigenvalue weighted by Gasteiger charge is 2.82. The summed E-state index contributed by atoms with van der Waals surface area (Å²) in [5, 5.41) is 0. The van der Waals surface area contributed by atoms with E-state index < -0.39 is 5.60 Å². The summed E-state index contributed by atoms with van der Waals surface area (Å²) in [6.07, 6.45) is 7.73. The smallest absolute Gasteiger partial charge is 0.302 e. The Kier molecular flexibility index (Phi) is 3.21. The van der Waals surface area contributed by atoms with Crippen LogP contribution in [-0.2, 0) is 23.8 Å². The van der Waals surface area contributed by atoms with Crippen LogP contribution < -0.4 is 0 Å². The Balaban J connectivity index is 1.31. The van der Waals surface area contributed by atoms with Gasteiger partial charge < -0.3 is 14.2 Å². The van der Waals surface area contributed by atoms with Gasteiger partial charge in [0.1, 0.15) is 11.7 Å². The number of hydrogen-bond acceptors (Lipinski definition) is 5. The third-order valence-corrected chi connectivity index (χ3v) is 10.3. The third kappa shape index (κ3) is 1.79. The van der Waals surface area contributed by atoms with Crippen LogP contribution in [0.15, 0.2) is 0 Å². The molecule has 1 spiro atoms. The van der Waals surface area contributed by atoms with Crippen LogP contribution >= 0.6 is 0 Å². The van der Waals surface area contributed by atoms with Crippen LogP contribution in [0.2, 0.25) is 0 Å². The molecule has 0 aromatic rings. The highest BCUT2D eigenvalue weighted by Crippen LogP contribution is 2.77. The van der Waals surface area contributed by atoms with Crippen molar-refractivity contribution in [2.75, 3.05) is 0 Å². The van der Waals surface area contributed by atoms with E-state index in [1.54, 1.807) is 6.92 Å². The van der Waals surface area contributed by atoms with Gasteiger partial charge in [0.15, 0.2) is 11.4 Å². The van der Waals surface area contributed by atoms with Crippen molar-refractivity contribution in [3.05, 3.63) is 0 Å². The normalized spacial score (nSPS) is 60.4. The zero-order chi connectivity index (χ0) is 19.7. The molecule has 6 fully saturated rings. The number of Topliss-reactive ketones (excluding diaryl/α,β-unsaturated/α-hetero) is 1. The number of ether oxygens (including phenoxy) is 3. The minimum absolute atomic E-state index is 0.00879. The summed E-state index contributed by atoms with van der Waals surface area (Å²) in [6, 6.07) is 0. The van der Waals surface area contributed by atoms with Gasteiger partial charge in [-0.1, -0.05) is 13.8 Å². The molecule has 10 unspecified atom stereocenters. The van der Waals surface area contributed by atoms with Crippen LogP contribution in [0.3, 0.4) is 0 Å². The molecule has 28 heavy (non-hydrogen) atoms. The molecule has 0 bridgehead atoms. The molecule has 5 nitrogen and oxygen atoms in total. The number of carbonyl (C=O) groups excluding carboxylic acids is 2. The van der Waals surface area contributed by atoms with Crippen molar-refractivity contribution in [2.24, 2.45) is 28.6 Å². The van der Waals surface area contributed by atoms with Crippen molar-refractivity contribution in [2.45, 2.75) is 102 Å². The molecular weight excluding hydrogens is 356 g/mol. The molecule has 154 valence electrons. The molecular formula is C23H32O5. The summed E-state index contributed by atoms with van der Waals surface area (Å²) >= 11 is 0. The van der Waals surface area contributed by atoms with Gasteiger partial charge in [-0.2, -0.15) is 0 Å². The molecule has 2 aliphatic heterocycles. The first-order chi connectivity index (χ1) is 13.2. The molecule has 2 heterocycles. The molecule has 0 aromatic heterocycles. The molecule has 2 saturated heterocycles. The summed E-state index contributed by atoms with van der Waals surface area (Å²) < 4.78 is 18.1. The van der Waals surface area contributed by atoms with Crippen molar-refractivity contribution in [1.29, 1.82) is 0 Å². The second kappa shape index (κ2) is 5.03. The SMILES string of the molecule is CC(=O)OC1CCC2(C)C3CCC4(C)C(CC5OC54C(C)=O)C3CC3OC32C1. The van der Waals surface area contributed by atoms with Crippen LogP contribution in [0.4, 0.5) is 0 Å². The van der Waals surface area contributed by atoms with Crippen LogP contribution in [0, 0.1) is 28.6 Å². The second-order valence-electron chi connectivity index (χ2n) is 11.1. The van der Waals surface area contributed by atoms with E-state index in [1.807, 2.05) is 0 Å². The number of esters is 1. The van der Waals surface area contributed by atoms with Crippen molar-refractivity contribution >= 4 is 11.8 Å². The Morgan fingerprint density at radius 1 is 0.929 bits per heavy atom. The fraction of sp³-hybridized carbons (Fsp3) is 0.913. The number of rotatable bonds is 2. The molecule has 5 heteroatoms. The standard InChI is InChI=1S/C23H32O5/c1-12(24)23-19(28-23)10-17-15-9-18-22(27-18)11-14(26-13(2)25)5-7-20(22,3)16(15)6-8-21(17,23)4/h14-19H,5-11H2,1-4H3. The van der Waals surface area contributed by atoms with Crippen LogP contribution in [0.1, 0.15) is 72.6 Å². The van der Waals surface area contributed by atoms with E-state index in [-0.39, 0.29) is 40.4 Å². The number of ketones is 1. The van der Waals surface area contributed by atoms with Gasteiger partial charge in [0.25, 0.3) is 0 Å². The number of epoxide rings is 2. The minimum atomic E-state index is -0.491. The van der Waals surface area contributed by atoms with Crippen molar-refractivity contribution < 1.29 is 23.8 Å². The van der Waals surface area contributed by atoms with Crippen LogP contribution in [0.5, 0.6) is 0 Å². The molecule has 10 atom stereocenters. The van der Waals surface area contributed by atoms with E-state index in [1.165, 1.54) is 6.92 Å². The van der Waals surface area contributed by atoms with Crippen molar-refractivity contribution in [1.82, 2.24) is 0 Å². The molecule has 4 saturated carbocycles. The van der Waals surface area contributed by atoms with Gasteiger partial charge in [-0.3, -0.25) is 9.59 Å². The molecule has 4 aliphatic carbocycles. The van der Waals surface area contributed by atoms with E-state index >= 15 is 0 Å². The lowest BCUT2D eigenvalue weighted by Crippen LogP contribution is -2.60. The first-order valence-electron chi connectivity index (χ1n) is 11.2. The molecule has 0 N–H and O–H groups in total. The number of hydrogen-bond donors (Lipinski definition) is 0. The molecule has 0 aromatic carbocycles. The minimum Gasteiger partial charge on any atom is -0.462 e. The third-order valence-electron chi connectivity index (χ3n) is 10.3. The predicted molar refractivity (Wildman–Crippen MR) is 100 cm³/mol. The van der Waals surface area contributed by atoms with Crippen molar-refractivity contribution in [3.63, 3.8) is 0 Å². The Morgan fingerprint density at radius 3 is 2.39 bits per heavy atom. The zero-order valence-corrected chi connectivity index (χ0v) is 17.5. The van der Waals surface area contributed by atoms with E-state index in [0.717, 1.165) is 44.9 Å². The lowest BCUT2D eigenvalue weighted by Gasteiger charge is -2.59. The molecule has 0 radical (unpaired) electrons. The Labute approximate surface area is 166 Å². The van der Waals surface area contributed by atoms with Gasteiger partial charge in [-0.05, 0) is 63.2 Å². The summed E-state index contributed by atoms with van der Waals surface area (Å²) in [6.45, 7) is 8.02. The van der Waals surface area contributed by atoms with E-state index in [2.05, 4.69) is 13.8 Å². The summed E-state index contributed by atoms with van der Waals surface area (Å²) in [7, 11) is 0. The first kappa shape index (κ1) is 17.9. The van der Waals surface area contributed by atoms with Crippen LogP contribution in [-0.4, -0.2) is 41.3 Å². The van der Waals surface area contributed by atoms with Gasteiger partial charge >= 0.3 is 5.97 Å². The fourth-order valence-electron chi connectivity index (χ4n) is 9.04. The summed E-state index contributed by atoms with van der Waals surface area (Å²) in [5.41, 5.74) is -0.424. The Morgan fingerprint density at radius 2 is 1.68 bits per heavy atom. The van der Waals surface area contributed by atoms with Gasteiger partial charge in [0.2, 0.25) is 0 Å². The number of carbonyl (C=O) groups is 2. The lowest BCUT2D eigenvalue weighted by atomic mass is 9.44. The monoisotopic (exact) mass is 388 g/mol. The van der Waals surface area contributed by atoms with Crippen LogP contribution in [0.25, 0.3) is 0 Å². The highest BCUT2D eigenvalue weighted by molar-refractivity contribution is 5.90. The zero-order valence-electron chi connectivity index (χ0n) is 17.5. The van der Waals surface area contributed by atoms with Gasteiger partial charge in [-0.25, -0.2) is 0 Å². The summed E-state index contributed by atoms with van der Waals surface area (Å²) in [5.74, 6) is 1.90. The van der Waals surface area contributed by atoms with Gasteiger partial charge in [0, 0.05) is 24.2 Å². The second-order valence-corrected chi connectivity index (χ2v) is 11.1. The predicted octanol–water partition coefficient (Wildman–Crippen LogP) is 3.43. The summed E-state index contributed by atoms with van der Waals surface area (Å²) in [4.78, 5) is 24.0. The molecule has 6 rings (SSSR count). The van der Waals surface area contributed by atoms with Gasteiger partial charge in [0.05, 0.1) is 12.2 Å². The molecule has 0 amide bonds. The number of fused-ring (bicyclic) bond motifs is 6. The lowest BCUT2D eigenvalue weighted by molar-refractivity contribution is -0.161. The average Bonchev–Trinajstić information content (AvgIpc) is 3.48. The Bertz CT molecular complexity index is 779. The van der Waals surface area contributed by atoms with E-state index in [0.29, 0.717) is 23.9 Å².